The minimum Gasteiger partial charge on any atom is -0.482 e. The van der Waals surface area contributed by atoms with Crippen LogP contribution in [0.15, 0.2) is 45.8 Å². The van der Waals surface area contributed by atoms with Crippen molar-refractivity contribution in [1.82, 2.24) is 9.80 Å². The van der Waals surface area contributed by atoms with E-state index < -0.39 is 11.9 Å². The minimum atomic E-state index is -0.837. The average Bonchev–Trinajstić information content (AvgIpc) is 2.98. The van der Waals surface area contributed by atoms with Gasteiger partial charge in [0.1, 0.15) is 24.4 Å². The normalized spacial score (nSPS) is 14.7. The van der Waals surface area contributed by atoms with E-state index >= 15 is 0 Å². The highest BCUT2D eigenvalue weighted by Crippen LogP contribution is 2.13. The lowest BCUT2D eigenvalue weighted by molar-refractivity contribution is -0.159. The molecule has 1 amide bonds. The number of ether oxygens (including phenoxy) is 2. The first kappa shape index (κ1) is 22.5. The Balaban J connectivity index is 1.54. The van der Waals surface area contributed by atoms with Gasteiger partial charge in [-0.2, -0.15) is 0 Å². The number of rotatable bonds is 6. The molecule has 2 aromatic rings. The molecule has 8 nitrogen and oxygen atoms in total. The van der Waals surface area contributed by atoms with Crippen molar-refractivity contribution in [3.05, 3.63) is 64.0 Å². The summed E-state index contributed by atoms with van der Waals surface area (Å²) in [6.45, 7) is 4.33. The molecule has 166 valence electrons. The summed E-state index contributed by atoms with van der Waals surface area (Å²) in [5.41, 5.74) is 0.279. The maximum Gasteiger partial charge on any atom is 0.397 e. The summed E-state index contributed by atoms with van der Waals surface area (Å²) in [4.78, 5) is 39.6. The summed E-state index contributed by atoms with van der Waals surface area (Å²) in [6.07, 6.45) is 1.94. The number of carbonyl (C=O) groups is 2. The molecule has 1 aliphatic rings. The van der Waals surface area contributed by atoms with Gasteiger partial charge in [-0.15, -0.1) is 0 Å². The summed E-state index contributed by atoms with van der Waals surface area (Å²) < 4.78 is 29.0. The molecule has 1 aromatic heterocycles. The second kappa shape index (κ2) is 10.7. The van der Waals surface area contributed by atoms with Crippen LogP contribution in [0.4, 0.5) is 4.39 Å². The lowest BCUT2D eigenvalue weighted by Gasteiger charge is -2.20. The monoisotopic (exact) mass is 432 g/mol. The van der Waals surface area contributed by atoms with E-state index in [1.807, 2.05) is 4.90 Å². The van der Waals surface area contributed by atoms with Crippen molar-refractivity contribution < 1.29 is 27.9 Å². The third-order valence-corrected chi connectivity index (χ3v) is 4.84. The SMILES string of the molecule is CCOC(=O)C(=O)N1CCCN(Cc2cc(=O)c(OCc3cccc(F)c3)co2)CC1. The van der Waals surface area contributed by atoms with Gasteiger partial charge in [-0.1, -0.05) is 12.1 Å². The van der Waals surface area contributed by atoms with Crippen molar-refractivity contribution in [3.63, 3.8) is 0 Å². The maximum atomic E-state index is 13.2. The van der Waals surface area contributed by atoms with Crippen LogP contribution in [0, 0.1) is 5.82 Å². The smallest absolute Gasteiger partial charge is 0.397 e. The van der Waals surface area contributed by atoms with Gasteiger partial charge in [0.05, 0.1) is 13.2 Å². The topological polar surface area (TPSA) is 89.3 Å². The molecule has 0 bridgehead atoms. The van der Waals surface area contributed by atoms with Gasteiger partial charge in [0, 0.05) is 32.2 Å². The van der Waals surface area contributed by atoms with Gasteiger partial charge in [0.15, 0.2) is 0 Å². The van der Waals surface area contributed by atoms with E-state index in [2.05, 4.69) is 0 Å². The highest BCUT2D eigenvalue weighted by Gasteiger charge is 2.25. The molecule has 0 N–H and O–H groups in total. The Bertz CT molecular complexity index is 976. The Morgan fingerprint density at radius 2 is 2.00 bits per heavy atom. The Labute approximate surface area is 179 Å². The zero-order chi connectivity index (χ0) is 22.2. The van der Waals surface area contributed by atoms with Crippen molar-refractivity contribution in [1.29, 1.82) is 0 Å². The van der Waals surface area contributed by atoms with Crippen LogP contribution in [0.25, 0.3) is 0 Å². The Morgan fingerprint density at radius 1 is 1.16 bits per heavy atom. The first-order chi connectivity index (χ1) is 15.0. The molecule has 31 heavy (non-hydrogen) atoms. The van der Waals surface area contributed by atoms with Gasteiger partial charge in [0.25, 0.3) is 0 Å². The number of esters is 1. The second-order valence-electron chi connectivity index (χ2n) is 7.14. The molecular formula is C22H25FN2O6. The maximum absolute atomic E-state index is 13.2. The number of hydrogen-bond acceptors (Lipinski definition) is 7. The summed E-state index contributed by atoms with van der Waals surface area (Å²) in [7, 11) is 0. The van der Waals surface area contributed by atoms with E-state index in [9.17, 15) is 18.8 Å². The van der Waals surface area contributed by atoms with E-state index in [4.69, 9.17) is 13.9 Å². The molecule has 1 saturated heterocycles. The standard InChI is InChI=1S/C22H25FN2O6/c1-2-29-22(28)21(27)25-8-4-7-24(9-10-25)13-18-12-19(26)20(15-30-18)31-14-16-5-3-6-17(23)11-16/h3,5-6,11-12,15H,2,4,7-10,13-14H2,1H3. The first-order valence-corrected chi connectivity index (χ1v) is 10.1. The zero-order valence-electron chi connectivity index (χ0n) is 17.3. The van der Waals surface area contributed by atoms with E-state index in [-0.39, 0.29) is 30.2 Å². The predicted octanol–water partition coefficient (Wildman–Crippen LogP) is 1.96. The third-order valence-electron chi connectivity index (χ3n) is 4.84. The molecule has 9 heteroatoms. The van der Waals surface area contributed by atoms with Gasteiger partial charge < -0.3 is 18.8 Å². The zero-order valence-corrected chi connectivity index (χ0v) is 17.3. The van der Waals surface area contributed by atoms with Crippen molar-refractivity contribution in [2.75, 3.05) is 32.8 Å². The molecular weight excluding hydrogens is 407 g/mol. The summed E-state index contributed by atoms with van der Waals surface area (Å²) in [6, 6.07) is 7.32. The molecule has 0 atom stereocenters. The Kier molecular flexibility index (Phi) is 7.77. The van der Waals surface area contributed by atoms with Gasteiger partial charge in [-0.3, -0.25) is 14.5 Å². The molecule has 1 fully saturated rings. The number of benzene rings is 1. The fraction of sp³-hybridized carbons (Fsp3) is 0.409. The van der Waals surface area contributed by atoms with Crippen LogP contribution in [0.2, 0.25) is 0 Å². The van der Waals surface area contributed by atoms with Gasteiger partial charge in [-0.05, 0) is 31.0 Å². The fourth-order valence-corrected chi connectivity index (χ4v) is 3.29. The number of amides is 1. The highest BCUT2D eigenvalue weighted by molar-refractivity contribution is 6.32. The van der Waals surface area contributed by atoms with Crippen LogP contribution in [-0.4, -0.2) is 54.5 Å². The average molecular weight is 432 g/mol. The van der Waals surface area contributed by atoms with Gasteiger partial charge >= 0.3 is 11.9 Å². The highest BCUT2D eigenvalue weighted by atomic mass is 19.1. The van der Waals surface area contributed by atoms with Gasteiger partial charge in [-0.25, -0.2) is 9.18 Å². The van der Waals surface area contributed by atoms with E-state index in [1.54, 1.807) is 19.1 Å². The molecule has 0 saturated carbocycles. The largest absolute Gasteiger partial charge is 0.482 e. The quantitative estimate of drug-likeness (QED) is 0.509. The van der Waals surface area contributed by atoms with Crippen molar-refractivity contribution >= 4 is 11.9 Å². The molecule has 0 aliphatic carbocycles. The van der Waals surface area contributed by atoms with Crippen molar-refractivity contribution in [3.8, 4) is 5.75 Å². The minimum absolute atomic E-state index is 0.0510. The number of nitrogens with zero attached hydrogens (tertiary/aromatic N) is 2. The van der Waals surface area contributed by atoms with Crippen LogP contribution in [0.1, 0.15) is 24.7 Å². The van der Waals surface area contributed by atoms with E-state index in [0.717, 1.165) is 0 Å². The number of hydrogen-bond donors (Lipinski definition) is 0. The fourth-order valence-electron chi connectivity index (χ4n) is 3.29. The molecule has 0 radical (unpaired) electrons. The summed E-state index contributed by atoms with van der Waals surface area (Å²) in [5, 5.41) is 0. The molecule has 3 rings (SSSR count). The molecule has 2 heterocycles. The van der Waals surface area contributed by atoms with Crippen molar-refractivity contribution in [2.24, 2.45) is 0 Å². The van der Waals surface area contributed by atoms with E-state index in [0.29, 0.717) is 50.5 Å². The summed E-state index contributed by atoms with van der Waals surface area (Å²) >= 11 is 0. The van der Waals surface area contributed by atoms with Crippen LogP contribution in [-0.2, 0) is 27.5 Å². The molecule has 0 unspecified atom stereocenters. The van der Waals surface area contributed by atoms with Gasteiger partial charge in [0.2, 0.25) is 11.2 Å². The number of halogens is 1. The summed E-state index contributed by atoms with van der Waals surface area (Å²) in [5.74, 6) is -1.32. The molecule has 0 spiro atoms. The van der Waals surface area contributed by atoms with Crippen LogP contribution < -0.4 is 10.2 Å². The lowest BCUT2D eigenvalue weighted by Crippen LogP contribution is -2.40. The van der Waals surface area contributed by atoms with Crippen LogP contribution in [0.5, 0.6) is 5.75 Å². The lowest BCUT2D eigenvalue weighted by atomic mass is 10.2. The van der Waals surface area contributed by atoms with Crippen LogP contribution in [0.3, 0.4) is 0 Å². The van der Waals surface area contributed by atoms with E-state index in [1.165, 1.54) is 29.4 Å². The second-order valence-corrected chi connectivity index (χ2v) is 7.14. The predicted molar refractivity (Wildman–Crippen MR) is 109 cm³/mol. The number of carbonyl (C=O) groups excluding carboxylic acids is 2. The first-order valence-electron chi connectivity index (χ1n) is 10.1. The van der Waals surface area contributed by atoms with Crippen molar-refractivity contribution in [2.45, 2.75) is 26.5 Å². The third kappa shape index (κ3) is 6.39. The molecule has 1 aliphatic heterocycles. The van der Waals surface area contributed by atoms with Crippen LogP contribution >= 0.6 is 0 Å². The molecule has 1 aromatic carbocycles. The Hall–Kier alpha value is -3.20. The Morgan fingerprint density at radius 3 is 2.74 bits per heavy atom.